The lowest BCUT2D eigenvalue weighted by Gasteiger charge is -2.33. The Labute approximate surface area is 124 Å². The van der Waals surface area contributed by atoms with Crippen LogP contribution in [0.25, 0.3) is 11.1 Å². The van der Waals surface area contributed by atoms with Gasteiger partial charge in [-0.15, -0.1) is 11.3 Å². The summed E-state index contributed by atoms with van der Waals surface area (Å²) in [6.45, 7) is 4.47. The molecule has 2 nitrogen and oxygen atoms in total. The number of hydrogen-bond acceptors (Lipinski definition) is 3. The first-order chi connectivity index (χ1) is 9.71. The molecule has 20 heavy (non-hydrogen) atoms. The average molecular weight is 287 g/mol. The van der Waals surface area contributed by atoms with Gasteiger partial charge in [0, 0.05) is 17.0 Å². The summed E-state index contributed by atoms with van der Waals surface area (Å²) in [6, 6.07) is 12.8. The van der Waals surface area contributed by atoms with Gasteiger partial charge < -0.3 is 5.11 Å². The Morgan fingerprint density at radius 3 is 2.80 bits per heavy atom. The van der Waals surface area contributed by atoms with Crippen molar-refractivity contribution >= 4 is 11.3 Å². The molecule has 1 aliphatic heterocycles. The maximum atomic E-state index is 9.62. The van der Waals surface area contributed by atoms with Crippen molar-refractivity contribution in [3.05, 3.63) is 46.7 Å². The van der Waals surface area contributed by atoms with Crippen molar-refractivity contribution in [3.8, 4) is 11.1 Å². The van der Waals surface area contributed by atoms with E-state index in [2.05, 4.69) is 47.5 Å². The summed E-state index contributed by atoms with van der Waals surface area (Å²) in [7, 11) is 0. The number of likely N-dealkylation sites (tertiary alicyclic amines) is 1. The third-order valence-corrected chi connectivity index (χ3v) is 5.28. The van der Waals surface area contributed by atoms with E-state index in [4.69, 9.17) is 0 Å². The highest BCUT2D eigenvalue weighted by Crippen LogP contribution is 2.32. The van der Waals surface area contributed by atoms with Crippen molar-refractivity contribution in [1.82, 2.24) is 4.90 Å². The molecule has 106 valence electrons. The Hall–Kier alpha value is -1.16. The van der Waals surface area contributed by atoms with E-state index in [0.29, 0.717) is 0 Å². The zero-order chi connectivity index (χ0) is 14.0. The molecule has 1 aromatic carbocycles. The average Bonchev–Trinajstić information content (AvgIpc) is 3.09. The third-order valence-electron chi connectivity index (χ3n) is 4.36. The van der Waals surface area contributed by atoms with Crippen LogP contribution in [0.15, 0.2) is 41.8 Å². The highest BCUT2D eigenvalue weighted by Gasteiger charge is 2.35. The van der Waals surface area contributed by atoms with E-state index in [-0.39, 0.29) is 12.1 Å². The predicted octanol–water partition coefficient (Wildman–Crippen LogP) is 3.76. The molecule has 0 spiro atoms. The smallest absolute Gasteiger partial charge is 0.0612 e. The molecule has 0 aliphatic carbocycles. The van der Waals surface area contributed by atoms with Gasteiger partial charge in [0.2, 0.25) is 0 Å². The second-order valence-electron chi connectivity index (χ2n) is 5.85. The van der Waals surface area contributed by atoms with Crippen LogP contribution in [-0.2, 0) is 6.54 Å². The SMILES string of the molecule is C[C@]1(CO)CCCN1Cc1cc(-c2ccccc2)cs1. The number of thiophene rings is 1. The zero-order valence-electron chi connectivity index (χ0n) is 11.9. The number of benzene rings is 1. The molecule has 0 bridgehead atoms. The molecule has 0 saturated carbocycles. The summed E-state index contributed by atoms with van der Waals surface area (Å²) in [5, 5.41) is 11.9. The maximum Gasteiger partial charge on any atom is 0.0612 e. The summed E-state index contributed by atoms with van der Waals surface area (Å²) < 4.78 is 0. The molecule has 1 aromatic heterocycles. The van der Waals surface area contributed by atoms with Crippen LogP contribution in [0.4, 0.5) is 0 Å². The lowest BCUT2D eigenvalue weighted by Crippen LogP contribution is -2.43. The van der Waals surface area contributed by atoms with Crippen LogP contribution in [0.5, 0.6) is 0 Å². The van der Waals surface area contributed by atoms with Crippen molar-refractivity contribution in [2.75, 3.05) is 13.2 Å². The first-order valence-corrected chi connectivity index (χ1v) is 8.08. The van der Waals surface area contributed by atoms with E-state index in [1.165, 1.54) is 22.4 Å². The lowest BCUT2D eigenvalue weighted by atomic mass is 10.0. The molecule has 2 heterocycles. The molecule has 1 atom stereocenters. The van der Waals surface area contributed by atoms with Gasteiger partial charge in [0.15, 0.2) is 0 Å². The van der Waals surface area contributed by atoms with Crippen molar-refractivity contribution in [2.45, 2.75) is 31.8 Å². The minimum Gasteiger partial charge on any atom is -0.394 e. The minimum absolute atomic E-state index is 0.0309. The van der Waals surface area contributed by atoms with Gasteiger partial charge >= 0.3 is 0 Å². The minimum atomic E-state index is -0.0309. The van der Waals surface area contributed by atoms with Crippen LogP contribution >= 0.6 is 11.3 Å². The summed E-state index contributed by atoms with van der Waals surface area (Å²) in [5.74, 6) is 0. The molecule has 3 rings (SSSR count). The van der Waals surface area contributed by atoms with Crippen molar-refractivity contribution < 1.29 is 5.11 Å². The fourth-order valence-electron chi connectivity index (χ4n) is 2.96. The molecule has 0 amide bonds. The van der Waals surface area contributed by atoms with Gasteiger partial charge in [0.1, 0.15) is 0 Å². The van der Waals surface area contributed by atoms with Crippen LogP contribution in [0.2, 0.25) is 0 Å². The number of nitrogens with zero attached hydrogens (tertiary/aromatic N) is 1. The molecular formula is C17H21NOS. The maximum absolute atomic E-state index is 9.62. The van der Waals surface area contributed by atoms with Crippen LogP contribution in [0.3, 0.4) is 0 Å². The number of hydrogen-bond donors (Lipinski definition) is 1. The van der Waals surface area contributed by atoms with Gasteiger partial charge in [0.25, 0.3) is 0 Å². The van der Waals surface area contributed by atoms with E-state index < -0.39 is 0 Å². The molecule has 1 aliphatic rings. The standard InChI is InChI=1S/C17H21NOS/c1-17(13-19)8-5-9-18(17)11-16-10-15(12-20-16)14-6-3-2-4-7-14/h2-4,6-7,10,12,19H,5,8-9,11,13H2,1H3/t17-/m1/s1. The Balaban J connectivity index is 1.75. The highest BCUT2D eigenvalue weighted by atomic mass is 32.1. The Bertz CT molecular complexity index is 565. The molecule has 1 fully saturated rings. The van der Waals surface area contributed by atoms with Gasteiger partial charge in [-0.25, -0.2) is 0 Å². The molecule has 3 heteroatoms. The Morgan fingerprint density at radius 1 is 1.25 bits per heavy atom. The molecular weight excluding hydrogens is 266 g/mol. The van der Waals surface area contributed by atoms with E-state index in [1.807, 2.05) is 17.4 Å². The van der Waals surface area contributed by atoms with Crippen LogP contribution < -0.4 is 0 Å². The van der Waals surface area contributed by atoms with E-state index in [0.717, 1.165) is 19.5 Å². The third kappa shape index (κ3) is 2.66. The fourth-order valence-corrected chi connectivity index (χ4v) is 3.87. The first kappa shape index (κ1) is 13.8. The molecule has 0 radical (unpaired) electrons. The van der Waals surface area contributed by atoms with Crippen LogP contribution in [0, 0.1) is 0 Å². The van der Waals surface area contributed by atoms with Gasteiger partial charge in [-0.05, 0) is 48.9 Å². The van der Waals surface area contributed by atoms with Gasteiger partial charge in [0.05, 0.1) is 6.61 Å². The van der Waals surface area contributed by atoms with Gasteiger partial charge in [-0.1, -0.05) is 30.3 Å². The molecule has 1 saturated heterocycles. The van der Waals surface area contributed by atoms with E-state index >= 15 is 0 Å². The van der Waals surface area contributed by atoms with Crippen molar-refractivity contribution in [1.29, 1.82) is 0 Å². The predicted molar refractivity (Wildman–Crippen MR) is 84.9 cm³/mol. The number of aliphatic hydroxyl groups is 1. The second-order valence-corrected chi connectivity index (χ2v) is 6.84. The summed E-state index contributed by atoms with van der Waals surface area (Å²) in [4.78, 5) is 3.80. The largest absolute Gasteiger partial charge is 0.394 e. The van der Waals surface area contributed by atoms with E-state index in [1.54, 1.807) is 0 Å². The fraction of sp³-hybridized carbons (Fsp3) is 0.412. The Kier molecular flexibility index (Phi) is 3.92. The Morgan fingerprint density at radius 2 is 2.05 bits per heavy atom. The normalized spacial score (nSPS) is 23.3. The molecule has 1 N–H and O–H groups in total. The second kappa shape index (κ2) is 5.68. The molecule has 2 aromatic rings. The van der Waals surface area contributed by atoms with Crippen LogP contribution in [-0.4, -0.2) is 28.7 Å². The monoisotopic (exact) mass is 287 g/mol. The number of aliphatic hydroxyl groups excluding tert-OH is 1. The number of rotatable bonds is 4. The first-order valence-electron chi connectivity index (χ1n) is 7.20. The summed E-state index contributed by atoms with van der Waals surface area (Å²) in [6.07, 6.45) is 2.29. The van der Waals surface area contributed by atoms with Crippen molar-refractivity contribution in [2.24, 2.45) is 0 Å². The summed E-state index contributed by atoms with van der Waals surface area (Å²) >= 11 is 1.82. The van der Waals surface area contributed by atoms with Gasteiger partial charge in [-0.3, -0.25) is 4.90 Å². The topological polar surface area (TPSA) is 23.5 Å². The summed E-state index contributed by atoms with van der Waals surface area (Å²) in [5.41, 5.74) is 2.55. The van der Waals surface area contributed by atoms with E-state index in [9.17, 15) is 5.11 Å². The quantitative estimate of drug-likeness (QED) is 0.925. The lowest BCUT2D eigenvalue weighted by molar-refractivity contribution is 0.0742. The van der Waals surface area contributed by atoms with Crippen LogP contribution in [0.1, 0.15) is 24.6 Å². The highest BCUT2D eigenvalue weighted by molar-refractivity contribution is 7.10. The van der Waals surface area contributed by atoms with Gasteiger partial charge in [-0.2, -0.15) is 0 Å². The van der Waals surface area contributed by atoms with Crippen molar-refractivity contribution in [3.63, 3.8) is 0 Å². The molecule has 0 unspecified atom stereocenters. The zero-order valence-corrected chi connectivity index (χ0v) is 12.7.